The van der Waals surface area contributed by atoms with Gasteiger partial charge in [-0.3, -0.25) is 9.59 Å². The summed E-state index contributed by atoms with van der Waals surface area (Å²) in [6, 6.07) is 0.531. The molecule has 10 heteroatoms. The van der Waals surface area contributed by atoms with Crippen LogP contribution in [0.5, 0.6) is 0 Å². The molecule has 1 rings (SSSR count). The minimum atomic E-state index is -4.79. The number of hydrogen-bond donors (Lipinski definition) is 3. The highest BCUT2D eigenvalue weighted by atomic mass is 32.2. The highest BCUT2D eigenvalue weighted by Crippen LogP contribution is 2.18. The summed E-state index contributed by atoms with van der Waals surface area (Å²) in [5.74, 6) is -5.76. The molecule has 3 N–H and O–H groups in total. The molecule has 0 aliphatic rings. The highest BCUT2D eigenvalue weighted by molar-refractivity contribution is 7.89. The minimum Gasteiger partial charge on any atom is -0.481 e. The van der Waals surface area contributed by atoms with E-state index in [9.17, 15) is 26.8 Å². The SMILES string of the molecule is O=C(O)CC[C@H](NS(=O)(=O)c1c(F)cccc1F)C(=O)O. The van der Waals surface area contributed by atoms with Crippen molar-refractivity contribution in [3.05, 3.63) is 29.8 Å². The van der Waals surface area contributed by atoms with Crippen molar-refractivity contribution in [3.63, 3.8) is 0 Å². The Hall–Kier alpha value is -2.07. The van der Waals surface area contributed by atoms with Crippen LogP contribution in [0.1, 0.15) is 12.8 Å². The van der Waals surface area contributed by atoms with Crippen LogP contribution in [0.4, 0.5) is 8.78 Å². The third kappa shape index (κ3) is 4.46. The Balaban J connectivity index is 3.07. The van der Waals surface area contributed by atoms with E-state index in [1.165, 1.54) is 0 Å². The van der Waals surface area contributed by atoms with E-state index in [4.69, 9.17) is 10.2 Å². The van der Waals surface area contributed by atoms with Crippen LogP contribution in [0.15, 0.2) is 23.1 Å². The third-order valence-corrected chi connectivity index (χ3v) is 3.95. The van der Waals surface area contributed by atoms with E-state index >= 15 is 0 Å². The number of carbonyl (C=O) groups is 2. The lowest BCUT2D eigenvalue weighted by molar-refractivity contribution is -0.140. The van der Waals surface area contributed by atoms with Gasteiger partial charge in [0.05, 0.1) is 0 Å². The molecular formula is C11H11F2NO6S. The first-order valence-electron chi connectivity index (χ1n) is 5.56. The number of hydrogen-bond acceptors (Lipinski definition) is 4. The first-order chi connectivity index (χ1) is 9.65. The summed E-state index contributed by atoms with van der Waals surface area (Å²) in [4.78, 5) is 20.0. The zero-order chi connectivity index (χ0) is 16.2. The molecule has 1 atom stereocenters. The quantitative estimate of drug-likeness (QED) is 0.674. The Morgan fingerprint density at radius 2 is 1.71 bits per heavy atom. The standard InChI is InChI=1S/C11H11F2NO6S/c12-6-2-1-3-7(13)10(6)21(19,20)14-8(11(17)18)4-5-9(15)16/h1-3,8,14H,4-5H2,(H,15,16)(H,17,18)/t8-/m0/s1. The van der Waals surface area contributed by atoms with Gasteiger partial charge in [-0.1, -0.05) is 6.07 Å². The lowest BCUT2D eigenvalue weighted by atomic mass is 10.2. The number of rotatable bonds is 7. The number of halogens is 2. The van der Waals surface area contributed by atoms with Gasteiger partial charge in [0.15, 0.2) is 4.90 Å². The van der Waals surface area contributed by atoms with Gasteiger partial charge in [-0.25, -0.2) is 17.2 Å². The smallest absolute Gasteiger partial charge is 0.321 e. The number of carboxylic acids is 2. The third-order valence-electron chi connectivity index (χ3n) is 2.43. The van der Waals surface area contributed by atoms with Gasteiger partial charge in [0.25, 0.3) is 0 Å². The van der Waals surface area contributed by atoms with Crippen LogP contribution < -0.4 is 4.72 Å². The molecule has 21 heavy (non-hydrogen) atoms. The minimum absolute atomic E-state index is 0.569. The molecule has 116 valence electrons. The van der Waals surface area contributed by atoms with Crippen molar-refractivity contribution in [1.82, 2.24) is 4.72 Å². The molecule has 0 spiro atoms. The van der Waals surface area contributed by atoms with Crippen LogP contribution in [0.3, 0.4) is 0 Å². The average Bonchev–Trinajstić information content (AvgIpc) is 2.33. The summed E-state index contributed by atoms with van der Waals surface area (Å²) in [5, 5.41) is 17.3. The number of carboxylic acid groups (broad SMARTS) is 2. The van der Waals surface area contributed by atoms with Crippen molar-refractivity contribution in [2.24, 2.45) is 0 Å². The molecule has 0 aliphatic carbocycles. The first-order valence-corrected chi connectivity index (χ1v) is 7.04. The van der Waals surface area contributed by atoms with E-state index in [-0.39, 0.29) is 0 Å². The molecule has 0 saturated heterocycles. The number of sulfonamides is 1. The van der Waals surface area contributed by atoms with Gasteiger partial charge in [0, 0.05) is 6.42 Å². The molecule has 0 aromatic heterocycles. The predicted octanol–water partition coefficient (Wildman–Crippen LogP) is 0.561. The lowest BCUT2D eigenvalue weighted by Crippen LogP contribution is -2.41. The fraction of sp³-hybridized carbons (Fsp3) is 0.273. The van der Waals surface area contributed by atoms with E-state index < -0.39 is 57.4 Å². The molecule has 0 aliphatic heterocycles. The van der Waals surface area contributed by atoms with Gasteiger partial charge in [0.2, 0.25) is 10.0 Å². The molecule has 1 aromatic rings. The molecule has 0 unspecified atom stereocenters. The predicted molar refractivity (Wildman–Crippen MR) is 65.0 cm³/mol. The second-order valence-electron chi connectivity index (χ2n) is 4.00. The Kier molecular flexibility index (Phi) is 5.33. The van der Waals surface area contributed by atoms with Gasteiger partial charge >= 0.3 is 11.9 Å². The van der Waals surface area contributed by atoms with Crippen LogP contribution in [-0.2, 0) is 19.6 Å². The average molecular weight is 323 g/mol. The summed E-state index contributed by atoms with van der Waals surface area (Å²) in [5.41, 5.74) is 0. The molecule has 0 amide bonds. The lowest BCUT2D eigenvalue weighted by Gasteiger charge is -2.14. The molecule has 0 bridgehead atoms. The maximum Gasteiger partial charge on any atom is 0.321 e. The van der Waals surface area contributed by atoms with Crippen molar-refractivity contribution in [2.75, 3.05) is 0 Å². The second kappa shape index (κ2) is 6.59. The second-order valence-corrected chi connectivity index (χ2v) is 5.65. The Labute approximate surface area is 118 Å². The Bertz CT molecular complexity index is 640. The Morgan fingerprint density at radius 3 is 2.14 bits per heavy atom. The summed E-state index contributed by atoms with van der Waals surface area (Å²) >= 11 is 0. The Morgan fingerprint density at radius 1 is 1.19 bits per heavy atom. The van der Waals surface area contributed by atoms with E-state index in [2.05, 4.69) is 0 Å². The monoisotopic (exact) mass is 323 g/mol. The first kappa shape index (κ1) is 17.0. The molecule has 0 fully saturated rings. The van der Waals surface area contributed by atoms with Crippen LogP contribution in [0.25, 0.3) is 0 Å². The van der Waals surface area contributed by atoms with Gasteiger partial charge in [0.1, 0.15) is 17.7 Å². The highest BCUT2D eigenvalue weighted by Gasteiger charge is 2.30. The van der Waals surface area contributed by atoms with Gasteiger partial charge in [-0.15, -0.1) is 0 Å². The van der Waals surface area contributed by atoms with Crippen molar-refractivity contribution in [1.29, 1.82) is 0 Å². The van der Waals surface area contributed by atoms with E-state index in [1.54, 1.807) is 4.72 Å². The summed E-state index contributed by atoms with van der Waals surface area (Å²) < 4.78 is 52.1. The van der Waals surface area contributed by atoms with Crippen molar-refractivity contribution in [3.8, 4) is 0 Å². The van der Waals surface area contributed by atoms with Crippen LogP contribution in [0.2, 0.25) is 0 Å². The molecule has 0 heterocycles. The van der Waals surface area contributed by atoms with Gasteiger partial charge in [-0.2, -0.15) is 4.72 Å². The van der Waals surface area contributed by atoms with E-state index in [0.717, 1.165) is 6.07 Å². The summed E-state index contributed by atoms with van der Waals surface area (Å²) in [7, 11) is -4.79. The molecular weight excluding hydrogens is 312 g/mol. The number of aliphatic carboxylic acids is 2. The summed E-state index contributed by atoms with van der Waals surface area (Å²) in [6.45, 7) is 0. The van der Waals surface area contributed by atoms with Crippen LogP contribution in [-0.4, -0.2) is 36.6 Å². The van der Waals surface area contributed by atoms with Gasteiger partial charge in [-0.05, 0) is 18.6 Å². The van der Waals surface area contributed by atoms with E-state index in [1.807, 2.05) is 0 Å². The molecule has 0 saturated carbocycles. The number of nitrogens with one attached hydrogen (secondary N) is 1. The zero-order valence-corrected chi connectivity index (χ0v) is 11.2. The van der Waals surface area contributed by atoms with Gasteiger partial charge < -0.3 is 10.2 Å². The fourth-order valence-electron chi connectivity index (χ4n) is 1.49. The molecule has 0 radical (unpaired) electrons. The van der Waals surface area contributed by atoms with Crippen LogP contribution >= 0.6 is 0 Å². The zero-order valence-electron chi connectivity index (χ0n) is 10.4. The molecule has 7 nitrogen and oxygen atoms in total. The van der Waals surface area contributed by atoms with Crippen LogP contribution in [0, 0.1) is 11.6 Å². The molecule has 1 aromatic carbocycles. The largest absolute Gasteiger partial charge is 0.481 e. The maximum absolute atomic E-state index is 13.4. The maximum atomic E-state index is 13.4. The topological polar surface area (TPSA) is 121 Å². The van der Waals surface area contributed by atoms with E-state index in [0.29, 0.717) is 12.1 Å². The fourth-order valence-corrected chi connectivity index (χ4v) is 2.85. The van der Waals surface area contributed by atoms with Crippen molar-refractivity contribution < 1.29 is 37.0 Å². The number of benzene rings is 1. The summed E-state index contributed by atoms with van der Waals surface area (Å²) in [6.07, 6.45) is -1.20. The normalized spacial score (nSPS) is 12.9. The van der Waals surface area contributed by atoms with Crippen molar-refractivity contribution in [2.45, 2.75) is 23.8 Å². The van der Waals surface area contributed by atoms with Crippen molar-refractivity contribution >= 4 is 22.0 Å².